The summed E-state index contributed by atoms with van der Waals surface area (Å²) in [6, 6.07) is 7.76. The molecule has 1 aliphatic rings. The van der Waals surface area contributed by atoms with Crippen LogP contribution in [-0.4, -0.2) is 21.3 Å². The number of hydrogen-bond donors (Lipinski definition) is 1. The standard InChI is InChI=1S/C15H19ClN2OS/c1-2-20(19)14-5-3-4-13(9-14)18-15-7-6-12(16)8-11(15)10-17/h6-8,13-14,18H,2-5,9H2,1H3. The second kappa shape index (κ2) is 7.10. The van der Waals surface area contributed by atoms with Crippen molar-refractivity contribution in [1.82, 2.24) is 0 Å². The van der Waals surface area contributed by atoms with Crippen molar-refractivity contribution in [2.45, 2.75) is 43.9 Å². The number of nitriles is 1. The molecular formula is C15H19ClN2OS. The second-order valence-corrected chi connectivity index (χ2v) is 7.54. The maximum Gasteiger partial charge on any atom is 0.101 e. The van der Waals surface area contributed by atoms with Crippen LogP contribution in [0.15, 0.2) is 18.2 Å². The van der Waals surface area contributed by atoms with Crippen LogP contribution in [0.1, 0.15) is 38.2 Å². The van der Waals surface area contributed by atoms with Gasteiger partial charge in [-0.3, -0.25) is 4.21 Å². The molecule has 3 nitrogen and oxygen atoms in total. The average molecular weight is 311 g/mol. The molecule has 0 spiro atoms. The highest BCUT2D eigenvalue weighted by molar-refractivity contribution is 7.85. The molecule has 0 aliphatic heterocycles. The van der Waals surface area contributed by atoms with Gasteiger partial charge >= 0.3 is 0 Å². The number of anilines is 1. The molecule has 1 aliphatic carbocycles. The van der Waals surface area contributed by atoms with E-state index >= 15 is 0 Å². The van der Waals surface area contributed by atoms with Crippen LogP contribution in [0, 0.1) is 11.3 Å². The van der Waals surface area contributed by atoms with Crippen LogP contribution in [0.2, 0.25) is 5.02 Å². The first-order valence-corrected chi connectivity index (χ1v) is 8.73. The van der Waals surface area contributed by atoms with Gasteiger partial charge < -0.3 is 5.32 Å². The van der Waals surface area contributed by atoms with Crippen molar-refractivity contribution in [2.24, 2.45) is 0 Å². The van der Waals surface area contributed by atoms with Crippen LogP contribution in [0.4, 0.5) is 5.69 Å². The summed E-state index contributed by atoms with van der Waals surface area (Å²) in [4.78, 5) is 0. The van der Waals surface area contributed by atoms with Gasteiger partial charge in [0.25, 0.3) is 0 Å². The molecule has 20 heavy (non-hydrogen) atoms. The summed E-state index contributed by atoms with van der Waals surface area (Å²) in [5.41, 5.74) is 1.39. The zero-order valence-corrected chi connectivity index (χ0v) is 13.1. The predicted molar refractivity (Wildman–Crippen MR) is 84.5 cm³/mol. The molecule has 0 radical (unpaired) electrons. The number of hydrogen-bond acceptors (Lipinski definition) is 3. The molecule has 1 saturated carbocycles. The predicted octanol–water partition coefficient (Wildman–Crippen LogP) is 3.70. The first kappa shape index (κ1) is 15.3. The van der Waals surface area contributed by atoms with E-state index in [0.29, 0.717) is 10.6 Å². The lowest BCUT2D eigenvalue weighted by Gasteiger charge is -2.30. The molecule has 1 N–H and O–H groups in total. The van der Waals surface area contributed by atoms with Gasteiger partial charge in [-0.25, -0.2) is 0 Å². The summed E-state index contributed by atoms with van der Waals surface area (Å²) in [6.07, 6.45) is 4.10. The summed E-state index contributed by atoms with van der Waals surface area (Å²) >= 11 is 5.90. The van der Waals surface area contributed by atoms with Crippen molar-refractivity contribution in [3.8, 4) is 6.07 Å². The molecule has 5 heteroatoms. The monoisotopic (exact) mass is 310 g/mol. The van der Waals surface area contributed by atoms with Gasteiger partial charge in [-0.1, -0.05) is 24.9 Å². The lowest BCUT2D eigenvalue weighted by Crippen LogP contribution is -2.33. The molecule has 0 aromatic heterocycles. The van der Waals surface area contributed by atoms with E-state index in [1.807, 2.05) is 13.0 Å². The van der Waals surface area contributed by atoms with E-state index in [4.69, 9.17) is 16.9 Å². The third kappa shape index (κ3) is 3.74. The van der Waals surface area contributed by atoms with Crippen molar-refractivity contribution < 1.29 is 4.21 Å². The molecule has 1 aromatic carbocycles. The highest BCUT2D eigenvalue weighted by atomic mass is 35.5. The highest BCUT2D eigenvalue weighted by Crippen LogP contribution is 2.27. The second-order valence-electron chi connectivity index (χ2n) is 5.10. The molecule has 3 atom stereocenters. The molecule has 108 valence electrons. The average Bonchev–Trinajstić information content (AvgIpc) is 2.48. The number of benzene rings is 1. The van der Waals surface area contributed by atoms with Crippen molar-refractivity contribution in [2.75, 3.05) is 11.1 Å². The fourth-order valence-corrected chi connectivity index (χ4v) is 4.23. The number of halogens is 1. The van der Waals surface area contributed by atoms with Crippen molar-refractivity contribution in [3.05, 3.63) is 28.8 Å². The zero-order chi connectivity index (χ0) is 14.5. The van der Waals surface area contributed by atoms with E-state index in [9.17, 15) is 4.21 Å². The summed E-state index contributed by atoms with van der Waals surface area (Å²) < 4.78 is 11.9. The van der Waals surface area contributed by atoms with Gasteiger partial charge in [0.2, 0.25) is 0 Å². The summed E-state index contributed by atoms with van der Waals surface area (Å²) in [5, 5.41) is 13.4. The van der Waals surface area contributed by atoms with Gasteiger partial charge in [-0.05, 0) is 37.5 Å². The molecule has 0 heterocycles. The molecule has 0 bridgehead atoms. The third-order valence-corrected chi connectivity index (χ3v) is 5.72. The number of nitrogens with zero attached hydrogens (tertiary/aromatic N) is 1. The highest BCUT2D eigenvalue weighted by Gasteiger charge is 2.25. The van der Waals surface area contributed by atoms with Crippen molar-refractivity contribution in [3.63, 3.8) is 0 Å². The van der Waals surface area contributed by atoms with Crippen LogP contribution < -0.4 is 5.32 Å². The Bertz CT molecular complexity index is 541. The Morgan fingerprint density at radius 1 is 1.50 bits per heavy atom. The van der Waals surface area contributed by atoms with Gasteiger partial charge in [-0.15, -0.1) is 0 Å². The fourth-order valence-electron chi connectivity index (χ4n) is 2.71. The largest absolute Gasteiger partial charge is 0.381 e. The normalized spacial score (nSPS) is 23.9. The van der Waals surface area contributed by atoms with Crippen LogP contribution in [0.3, 0.4) is 0 Å². The summed E-state index contributed by atoms with van der Waals surface area (Å²) in [6.45, 7) is 1.97. The number of rotatable bonds is 4. The van der Waals surface area contributed by atoms with Gasteiger partial charge in [0.1, 0.15) is 6.07 Å². The quantitative estimate of drug-likeness (QED) is 0.922. The third-order valence-electron chi connectivity index (χ3n) is 3.74. The molecule has 3 unspecified atom stereocenters. The van der Waals surface area contributed by atoms with Crippen LogP contribution in [0.5, 0.6) is 0 Å². The molecule has 2 rings (SSSR count). The Balaban J connectivity index is 2.07. The van der Waals surface area contributed by atoms with Crippen molar-refractivity contribution in [1.29, 1.82) is 5.26 Å². The molecular weight excluding hydrogens is 292 g/mol. The van der Waals surface area contributed by atoms with E-state index in [0.717, 1.165) is 37.1 Å². The van der Waals surface area contributed by atoms with E-state index < -0.39 is 10.8 Å². The van der Waals surface area contributed by atoms with Gasteiger partial charge in [0, 0.05) is 32.9 Å². The number of nitrogens with one attached hydrogen (secondary N) is 1. The maximum absolute atomic E-state index is 11.9. The van der Waals surface area contributed by atoms with Crippen LogP contribution in [-0.2, 0) is 10.8 Å². The van der Waals surface area contributed by atoms with Gasteiger partial charge in [-0.2, -0.15) is 5.26 Å². The minimum absolute atomic E-state index is 0.282. The first-order valence-electron chi connectivity index (χ1n) is 6.97. The zero-order valence-electron chi connectivity index (χ0n) is 11.6. The van der Waals surface area contributed by atoms with E-state index in [1.54, 1.807) is 12.1 Å². The Kier molecular flexibility index (Phi) is 5.45. The Morgan fingerprint density at radius 3 is 3.00 bits per heavy atom. The topological polar surface area (TPSA) is 52.9 Å². The van der Waals surface area contributed by atoms with E-state index in [1.165, 1.54) is 0 Å². The Hall–Kier alpha value is -1.05. The lowest BCUT2D eigenvalue weighted by atomic mass is 9.94. The van der Waals surface area contributed by atoms with Crippen LogP contribution >= 0.6 is 11.6 Å². The lowest BCUT2D eigenvalue weighted by molar-refractivity contribution is 0.465. The maximum atomic E-state index is 11.9. The van der Waals surface area contributed by atoms with Gasteiger partial charge in [0.15, 0.2) is 0 Å². The smallest absolute Gasteiger partial charge is 0.101 e. The fraction of sp³-hybridized carbons (Fsp3) is 0.533. The summed E-state index contributed by atoms with van der Waals surface area (Å²) in [7, 11) is -0.729. The molecule has 0 saturated heterocycles. The first-order chi connectivity index (χ1) is 9.63. The van der Waals surface area contributed by atoms with E-state index in [2.05, 4.69) is 11.4 Å². The van der Waals surface area contributed by atoms with Gasteiger partial charge in [0.05, 0.1) is 11.3 Å². The Morgan fingerprint density at radius 2 is 2.30 bits per heavy atom. The minimum Gasteiger partial charge on any atom is -0.381 e. The van der Waals surface area contributed by atoms with Crippen LogP contribution in [0.25, 0.3) is 0 Å². The molecule has 0 amide bonds. The molecule has 1 fully saturated rings. The van der Waals surface area contributed by atoms with Crippen molar-refractivity contribution >= 4 is 28.1 Å². The molecule has 1 aromatic rings. The van der Waals surface area contributed by atoms with E-state index in [-0.39, 0.29) is 11.3 Å². The minimum atomic E-state index is -0.729. The Labute approximate surface area is 127 Å². The summed E-state index contributed by atoms with van der Waals surface area (Å²) in [5.74, 6) is 0.724. The SMILES string of the molecule is CCS(=O)C1CCCC(Nc2ccc(Cl)cc2C#N)C1.